The lowest BCUT2D eigenvalue weighted by Crippen LogP contribution is -2.08. The molecule has 0 saturated carbocycles. The molecule has 0 radical (unpaired) electrons. The molecule has 2 aliphatic rings. The van der Waals surface area contributed by atoms with Crippen molar-refractivity contribution in [1.82, 2.24) is 0 Å². The Kier molecular flexibility index (Phi) is 1.53. The molecule has 0 aromatic rings. The van der Waals surface area contributed by atoms with E-state index in [-0.39, 0.29) is 6.04 Å². The number of allylic oxidation sites excluding steroid dienone is 2. The Balaban J connectivity index is 2.45. The zero-order valence-corrected chi connectivity index (χ0v) is 7.67. The number of azo groups is 1. The SMILES string of the molecule is CC1=CC(Br)=CC2=CN=N[C@@H]12. The molecule has 0 N–H and O–H groups in total. The van der Waals surface area contributed by atoms with Gasteiger partial charge in [0.05, 0.1) is 6.20 Å². The maximum atomic E-state index is 4.07. The third-order valence-corrected chi connectivity index (χ3v) is 2.26. The monoisotopic (exact) mass is 210 g/mol. The fourth-order valence-corrected chi connectivity index (χ4v) is 1.90. The first kappa shape index (κ1) is 6.98. The summed E-state index contributed by atoms with van der Waals surface area (Å²) in [7, 11) is 0. The Morgan fingerprint density at radius 1 is 1.45 bits per heavy atom. The molecular formula is C8H7BrN2. The summed E-state index contributed by atoms with van der Waals surface area (Å²) in [5.41, 5.74) is 2.42. The average molecular weight is 211 g/mol. The normalized spacial score (nSPS) is 27.5. The van der Waals surface area contributed by atoms with Crippen LogP contribution in [-0.4, -0.2) is 6.04 Å². The van der Waals surface area contributed by atoms with Gasteiger partial charge in [-0.3, -0.25) is 0 Å². The second-order valence-electron chi connectivity index (χ2n) is 2.68. The molecular weight excluding hydrogens is 204 g/mol. The minimum atomic E-state index is 0.191. The summed E-state index contributed by atoms with van der Waals surface area (Å²) in [5, 5.41) is 7.94. The number of halogens is 1. The molecule has 0 fully saturated rings. The third-order valence-electron chi connectivity index (χ3n) is 1.81. The predicted molar refractivity (Wildman–Crippen MR) is 47.5 cm³/mol. The van der Waals surface area contributed by atoms with Crippen molar-refractivity contribution in [2.24, 2.45) is 10.2 Å². The van der Waals surface area contributed by atoms with Gasteiger partial charge >= 0.3 is 0 Å². The van der Waals surface area contributed by atoms with E-state index in [9.17, 15) is 0 Å². The first-order valence-corrected chi connectivity index (χ1v) is 4.22. The van der Waals surface area contributed by atoms with E-state index in [2.05, 4.69) is 45.2 Å². The van der Waals surface area contributed by atoms with Gasteiger partial charge in [0.1, 0.15) is 6.04 Å². The van der Waals surface area contributed by atoms with Gasteiger partial charge < -0.3 is 0 Å². The summed E-state index contributed by atoms with van der Waals surface area (Å²) in [6.07, 6.45) is 5.94. The molecule has 0 aromatic carbocycles. The zero-order chi connectivity index (χ0) is 7.84. The fourth-order valence-electron chi connectivity index (χ4n) is 1.27. The van der Waals surface area contributed by atoms with Gasteiger partial charge in [0, 0.05) is 10.1 Å². The molecule has 11 heavy (non-hydrogen) atoms. The van der Waals surface area contributed by atoms with E-state index < -0.39 is 0 Å². The van der Waals surface area contributed by atoms with Gasteiger partial charge in [0.25, 0.3) is 0 Å². The van der Waals surface area contributed by atoms with Crippen LogP contribution in [0, 0.1) is 0 Å². The molecule has 0 aromatic heterocycles. The van der Waals surface area contributed by atoms with Crippen LogP contribution in [0.5, 0.6) is 0 Å². The van der Waals surface area contributed by atoms with Gasteiger partial charge in [0.2, 0.25) is 0 Å². The van der Waals surface area contributed by atoms with Gasteiger partial charge in [-0.15, -0.1) is 0 Å². The average Bonchev–Trinajstić information content (AvgIpc) is 2.34. The van der Waals surface area contributed by atoms with Crippen LogP contribution >= 0.6 is 15.9 Å². The van der Waals surface area contributed by atoms with Gasteiger partial charge in [-0.25, -0.2) is 0 Å². The summed E-state index contributed by atoms with van der Waals surface area (Å²) in [6.45, 7) is 2.07. The van der Waals surface area contributed by atoms with Crippen molar-refractivity contribution in [3.8, 4) is 0 Å². The van der Waals surface area contributed by atoms with Crippen molar-refractivity contribution >= 4 is 15.9 Å². The molecule has 1 atom stereocenters. The summed E-state index contributed by atoms with van der Waals surface area (Å²) in [5.74, 6) is 0. The zero-order valence-electron chi connectivity index (χ0n) is 6.08. The molecule has 56 valence electrons. The van der Waals surface area contributed by atoms with Crippen LogP contribution in [0.4, 0.5) is 0 Å². The second kappa shape index (κ2) is 2.41. The molecule has 1 heterocycles. The summed E-state index contributed by atoms with van der Waals surface area (Å²) >= 11 is 3.43. The lowest BCUT2D eigenvalue weighted by molar-refractivity contribution is 0.883. The molecule has 1 aliphatic carbocycles. The number of rotatable bonds is 0. The van der Waals surface area contributed by atoms with E-state index in [0.717, 1.165) is 4.48 Å². The molecule has 0 saturated heterocycles. The minimum Gasteiger partial charge on any atom is -0.176 e. The van der Waals surface area contributed by atoms with E-state index in [4.69, 9.17) is 0 Å². The highest BCUT2D eigenvalue weighted by Gasteiger charge is 2.20. The van der Waals surface area contributed by atoms with Crippen molar-refractivity contribution in [3.05, 3.63) is 34.0 Å². The maximum absolute atomic E-state index is 4.07. The number of nitrogens with zero attached hydrogens (tertiary/aromatic N) is 2. The van der Waals surface area contributed by atoms with E-state index in [0.29, 0.717) is 0 Å². The molecule has 0 unspecified atom stereocenters. The molecule has 3 heteroatoms. The Bertz CT molecular complexity index is 310. The van der Waals surface area contributed by atoms with Crippen LogP contribution < -0.4 is 0 Å². The van der Waals surface area contributed by atoms with Crippen molar-refractivity contribution < 1.29 is 0 Å². The Labute approximate surface area is 73.5 Å². The van der Waals surface area contributed by atoms with E-state index >= 15 is 0 Å². The quantitative estimate of drug-likeness (QED) is 0.588. The highest BCUT2D eigenvalue weighted by atomic mass is 79.9. The Hall–Kier alpha value is -0.700. The number of fused-ring (bicyclic) bond motifs is 1. The standard InChI is InChI=1S/C8H7BrN2/c1-5-2-7(9)3-6-4-10-11-8(5)6/h2-4,8H,1H3/t8-/m0/s1. The van der Waals surface area contributed by atoms with E-state index in [1.807, 2.05) is 6.20 Å². The number of hydrogen-bond donors (Lipinski definition) is 0. The van der Waals surface area contributed by atoms with Crippen LogP contribution in [0.3, 0.4) is 0 Å². The highest BCUT2D eigenvalue weighted by molar-refractivity contribution is 9.11. The maximum Gasteiger partial charge on any atom is 0.119 e. The smallest absolute Gasteiger partial charge is 0.119 e. The lowest BCUT2D eigenvalue weighted by Gasteiger charge is -2.13. The van der Waals surface area contributed by atoms with Gasteiger partial charge in [-0.1, -0.05) is 15.9 Å². The first-order chi connectivity index (χ1) is 5.27. The van der Waals surface area contributed by atoms with Gasteiger partial charge in [-0.05, 0) is 24.6 Å². The number of hydrogen-bond acceptors (Lipinski definition) is 2. The van der Waals surface area contributed by atoms with Gasteiger partial charge in [-0.2, -0.15) is 10.2 Å². The van der Waals surface area contributed by atoms with Crippen molar-refractivity contribution in [3.63, 3.8) is 0 Å². The lowest BCUT2D eigenvalue weighted by atomic mass is 9.97. The molecule has 2 nitrogen and oxygen atoms in total. The van der Waals surface area contributed by atoms with Crippen molar-refractivity contribution in [2.75, 3.05) is 0 Å². The van der Waals surface area contributed by atoms with Crippen molar-refractivity contribution in [2.45, 2.75) is 13.0 Å². The Morgan fingerprint density at radius 2 is 2.27 bits per heavy atom. The summed E-state index contributed by atoms with van der Waals surface area (Å²) < 4.78 is 1.10. The van der Waals surface area contributed by atoms with Crippen LogP contribution in [0.1, 0.15) is 6.92 Å². The third kappa shape index (κ3) is 1.09. The minimum absolute atomic E-state index is 0.191. The first-order valence-electron chi connectivity index (χ1n) is 3.43. The topological polar surface area (TPSA) is 24.7 Å². The van der Waals surface area contributed by atoms with Crippen LogP contribution in [0.15, 0.2) is 44.2 Å². The summed E-state index contributed by atoms with van der Waals surface area (Å²) in [4.78, 5) is 0. The highest BCUT2D eigenvalue weighted by Crippen LogP contribution is 2.30. The predicted octanol–water partition coefficient (Wildman–Crippen LogP) is 2.94. The molecule has 0 spiro atoms. The fraction of sp³-hybridized carbons (Fsp3) is 0.250. The van der Waals surface area contributed by atoms with E-state index in [1.54, 1.807) is 0 Å². The van der Waals surface area contributed by atoms with Crippen molar-refractivity contribution in [1.29, 1.82) is 0 Å². The largest absolute Gasteiger partial charge is 0.176 e. The van der Waals surface area contributed by atoms with Crippen LogP contribution in [-0.2, 0) is 0 Å². The molecule has 0 bridgehead atoms. The van der Waals surface area contributed by atoms with E-state index in [1.165, 1.54) is 11.1 Å². The van der Waals surface area contributed by atoms with Crippen LogP contribution in [0.25, 0.3) is 0 Å². The van der Waals surface area contributed by atoms with Crippen LogP contribution in [0.2, 0.25) is 0 Å². The Morgan fingerprint density at radius 3 is 3.09 bits per heavy atom. The summed E-state index contributed by atoms with van der Waals surface area (Å²) in [6, 6.07) is 0.191. The molecule has 2 rings (SSSR count). The molecule has 0 amide bonds. The van der Waals surface area contributed by atoms with Gasteiger partial charge in [0.15, 0.2) is 0 Å². The molecule has 1 aliphatic heterocycles. The second-order valence-corrected chi connectivity index (χ2v) is 3.60.